The van der Waals surface area contributed by atoms with Crippen LogP contribution < -0.4 is 5.32 Å². The van der Waals surface area contributed by atoms with Gasteiger partial charge in [-0.1, -0.05) is 29.8 Å². The molecule has 0 aliphatic carbocycles. The Hall–Kier alpha value is -1.16. The first-order chi connectivity index (χ1) is 10.2. The number of nitrogens with one attached hydrogen (secondary N) is 1. The molecule has 1 saturated heterocycles. The van der Waals surface area contributed by atoms with Crippen LogP contribution in [-0.4, -0.2) is 42.6 Å². The van der Waals surface area contributed by atoms with Crippen LogP contribution in [0.1, 0.15) is 17.5 Å². The third-order valence-electron chi connectivity index (χ3n) is 4.20. The fourth-order valence-corrected chi connectivity index (χ4v) is 3.20. The van der Waals surface area contributed by atoms with E-state index in [0.29, 0.717) is 5.15 Å². The first-order valence-corrected chi connectivity index (χ1v) is 8.09. The summed E-state index contributed by atoms with van der Waals surface area (Å²) < 4.78 is 0. The van der Waals surface area contributed by atoms with Crippen LogP contribution in [-0.2, 0) is 6.42 Å². The van der Waals surface area contributed by atoms with Gasteiger partial charge in [-0.15, -0.1) is 0 Å². The summed E-state index contributed by atoms with van der Waals surface area (Å²) in [6.07, 6.45) is 2.14. The smallest absolute Gasteiger partial charge is 0.132 e. The summed E-state index contributed by atoms with van der Waals surface area (Å²) in [4.78, 5) is 7.10. The van der Waals surface area contributed by atoms with Crippen molar-refractivity contribution < 1.29 is 0 Å². The summed E-state index contributed by atoms with van der Waals surface area (Å²) >= 11 is 6.36. The van der Waals surface area contributed by atoms with Gasteiger partial charge in [-0.25, -0.2) is 4.98 Å². The van der Waals surface area contributed by atoms with Crippen LogP contribution in [0.4, 0.5) is 0 Å². The van der Waals surface area contributed by atoms with E-state index >= 15 is 0 Å². The number of para-hydroxylation sites is 1. The maximum absolute atomic E-state index is 6.36. The van der Waals surface area contributed by atoms with E-state index in [1.165, 1.54) is 16.5 Å². The molecule has 1 N–H and O–H groups in total. The largest absolute Gasteiger partial charge is 0.314 e. The maximum atomic E-state index is 6.36. The van der Waals surface area contributed by atoms with Crippen LogP contribution in [0.5, 0.6) is 0 Å². The zero-order chi connectivity index (χ0) is 14.7. The minimum atomic E-state index is 0.664. The van der Waals surface area contributed by atoms with Gasteiger partial charge >= 0.3 is 0 Å². The van der Waals surface area contributed by atoms with Crippen LogP contribution in [0.15, 0.2) is 24.3 Å². The number of aryl methyl sites for hydroxylation is 2. The van der Waals surface area contributed by atoms with Gasteiger partial charge in [0.2, 0.25) is 0 Å². The standard InChI is InChI=1S/C17H22ClN3/c1-13-4-2-5-14-12-15(17(18)20-16(13)14)6-3-9-21-10-7-19-8-11-21/h2,4-5,12,19H,3,6-11H2,1H3. The molecule has 0 spiro atoms. The number of hydrogen-bond donors (Lipinski definition) is 1. The molecule has 1 aromatic heterocycles. The second-order valence-corrected chi connectivity index (χ2v) is 6.14. The average molecular weight is 304 g/mol. The highest BCUT2D eigenvalue weighted by Crippen LogP contribution is 2.23. The van der Waals surface area contributed by atoms with E-state index in [1.807, 2.05) is 0 Å². The van der Waals surface area contributed by atoms with Crippen molar-refractivity contribution in [2.45, 2.75) is 19.8 Å². The summed E-state index contributed by atoms with van der Waals surface area (Å²) in [7, 11) is 0. The molecule has 0 radical (unpaired) electrons. The van der Waals surface area contributed by atoms with Crippen molar-refractivity contribution in [2.75, 3.05) is 32.7 Å². The van der Waals surface area contributed by atoms with Crippen LogP contribution in [0, 0.1) is 6.92 Å². The fraction of sp³-hybridized carbons (Fsp3) is 0.471. The minimum absolute atomic E-state index is 0.664. The number of piperazine rings is 1. The molecule has 0 saturated carbocycles. The number of hydrogen-bond acceptors (Lipinski definition) is 3. The first-order valence-electron chi connectivity index (χ1n) is 7.72. The van der Waals surface area contributed by atoms with Crippen LogP contribution in [0.2, 0.25) is 5.15 Å². The van der Waals surface area contributed by atoms with Gasteiger partial charge < -0.3 is 10.2 Å². The minimum Gasteiger partial charge on any atom is -0.314 e. The molecular formula is C17H22ClN3. The average Bonchev–Trinajstić information content (AvgIpc) is 2.50. The topological polar surface area (TPSA) is 28.2 Å². The summed E-state index contributed by atoms with van der Waals surface area (Å²) in [6.45, 7) is 7.75. The molecule has 2 heterocycles. The van der Waals surface area contributed by atoms with Gasteiger partial charge in [-0.05, 0) is 43.5 Å². The van der Waals surface area contributed by atoms with Crippen LogP contribution in [0.25, 0.3) is 10.9 Å². The molecule has 2 aromatic rings. The van der Waals surface area contributed by atoms with Crippen molar-refractivity contribution in [3.63, 3.8) is 0 Å². The lowest BCUT2D eigenvalue weighted by molar-refractivity contribution is 0.238. The lowest BCUT2D eigenvalue weighted by atomic mass is 10.1. The second kappa shape index (κ2) is 6.73. The van der Waals surface area contributed by atoms with Crippen molar-refractivity contribution in [3.8, 4) is 0 Å². The molecule has 0 unspecified atom stereocenters. The SMILES string of the molecule is Cc1cccc2cc(CCCN3CCNCC3)c(Cl)nc12. The van der Waals surface area contributed by atoms with Gasteiger partial charge in [0.15, 0.2) is 0 Å². The van der Waals surface area contributed by atoms with E-state index in [0.717, 1.165) is 51.1 Å². The van der Waals surface area contributed by atoms with Crippen molar-refractivity contribution >= 4 is 22.5 Å². The Morgan fingerprint density at radius 1 is 1.29 bits per heavy atom. The van der Waals surface area contributed by atoms with Crippen LogP contribution >= 0.6 is 11.6 Å². The summed E-state index contributed by atoms with van der Waals surface area (Å²) in [5, 5.41) is 5.24. The number of benzene rings is 1. The third kappa shape index (κ3) is 3.54. The molecule has 1 fully saturated rings. The quantitative estimate of drug-likeness (QED) is 0.880. The Morgan fingerprint density at radius 2 is 2.10 bits per heavy atom. The summed E-state index contributed by atoms with van der Waals surface area (Å²) in [5.41, 5.74) is 3.38. The van der Waals surface area contributed by atoms with E-state index in [-0.39, 0.29) is 0 Å². The molecule has 1 aliphatic rings. The normalized spacial score (nSPS) is 16.5. The van der Waals surface area contributed by atoms with Gasteiger partial charge in [0, 0.05) is 31.6 Å². The van der Waals surface area contributed by atoms with E-state index in [1.54, 1.807) is 0 Å². The molecular weight excluding hydrogens is 282 g/mol. The monoisotopic (exact) mass is 303 g/mol. The number of fused-ring (bicyclic) bond motifs is 1. The Balaban J connectivity index is 1.67. The Kier molecular flexibility index (Phi) is 4.73. The predicted molar refractivity (Wildman–Crippen MR) is 89.1 cm³/mol. The second-order valence-electron chi connectivity index (χ2n) is 5.78. The van der Waals surface area contributed by atoms with E-state index < -0.39 is 0 Å². The molecule has 3 nitrogen and oxygen atoms in total. The van der Waals surface area contributed by atoms with Gasteiger partial charge in [0.05, 0.1) is 5.52 Å². The van der Waals surface area contributed by atoms with Gasteiger partial charge in [-0.2, -0.15) is 0 Å². The molecule has 0 amide bonds. The lowest BCUT2D eigenvalue weighted by Crippen LogP contribution is -2.43. The Labute approximate surface area is 131 Å². The highest BCUT2D eigenvalue weighted by Gasteiger charge is 2.10. The van der Waals surface area contributed by atoms with Crippen molar-refractivity contribution in [1.29, 1.82) is 0 Å². The number of aromatic nitrogens is 1. The number of pyridine rings is 1. The van der Waals surface area contributed by atoms with Crippen molar-refractivity contribution in [3.05, 3.63) is 40.5 Å². The molecule has 4 heteroatoms. The fourth-order valence-electron chi connectivity index (χ4n) is 2.97. The van der Waals surface area contributed by atoms with Crippen molar-refractivity contribution in [1.82, 2.24) is 15.2 Å². The Morgan fingerprint density at radius 3 is 2.90 bits per heavy atom. The zero-order valence-electron chi connectivity index (χ0n) is 12.5. The molecule has 21 heavy (non-hydrogen) atoms. The molecule has 0 atom stereocenters. The zero-order valence-corrected chi connectivity index (χ0v) is 13.3. The first kappa shape index (κ1) is 14.8. The number of rotatable bonds is 4. The van der Waals surface area contributed by atoms with Gasteiger partial charge in [0.1, 0.15) is 5.15 Å². The molecule has 112 valence electrons. The summed E-state index contributed by atoms with van der Waals surface area (Å²) in [6, 6.07) is 8.48. The highest BCUT2D eigenvalue weighted by atomic mass is 35.5. The van der Waals surface area contributed by atoms with E-state index in [9.17, 15) is 0 Å². The predicted octanol–water partition coefficient (Wildman–Crippen LogP) is 3.03. The molecule has 1 aromatic carbocycles. The third-order valence-corrected chi connectivity index (χ3v) is 4.53. The molecule has 3 rings (SSSR count). The van der Waals surface area contributed by atoms with E-state index in [4.69, 9.17) is 11.6 Å². The van der Waals surface area contributed by atoms with E-state index in [2.05, 4.69) is 46.4 Å². The summed E-state index contributed by atoms with van der Waals surface area (Å²) in [5.74, 6) is 0. The van der Waals surface area contributed by atoms with Gasteiger partial charge in [0.25, 0.3) is 0 Å². The Bertz CT molecular complexity index is 621. The molecule has 1 aliphatic heterocycles. The maximum Gasteiger partial charge on any atom is 0.132 e. The highest BCUT2D eigenvalue weighted by molar-refractivity contribution is 6.30. The van der Waals surface area contributed by atoms with Gasteiger partial charge in [-0.3, -0.25) is 0 Å². The van der Waals surface area contributed by atoms with Crippen LogP contribution in [0.3, 0.4) is 0 Å². The molecule has 0 bridgehead atoms. The lowest BCUT2D eigenvalue weighted by Gasteiger charge is -2.27. The van der Waals surface area contributed by atoms with Crippen molar-refractivity contribution in [2.24, 2.45) is 0 Å². The number of nitrogens with zero attached hydrogens (tertiary/aromatic N) is 2. The number of halogens is 1.